The summed E-state index contributed by atoms with van der Waals surface area (Å²) in [5.74, 6) is 1.34. The molecular formula is C42H50F2N8O3. The Morgan fingerprint density at radius 2 is 1.93 bits per heavy atom. The fourth-order valence-corrected chi connectivity index (χ4v) is 10.9. The van der Waals surface area contributed by atoms with Crippen molar-refractivity contribution >= 4 is 28.2 Å². The topological polar surface area (TPSA) is 103 Å². The Morgan fingerprint density at radius 3 is 2.80 bits per heavy atom. The Bertz CT molecular complexity index is 2160. The van der Waals surface area contributed by atoms with Crippen LogP contribution >= 0.6 is 0 Å². The summed E-state index contributed by atoms with van der Waals surface area (Å²) in [6, 6.07) is 9.21. The molecule has 4 atom stereocenters. The molecule has 1 amide bonds. The highest BCUT2D eigenvalue weighted by molar-refractivity contribution is 5.98. The van der Waals surface area contributed by atoms with E-state index in [1.54, 1.807) is 18.2 Å². The van der Waals surface area contributed by atoms with Crippen molar-refractivity contribution in [2.75, 3.05) is 49.1 Å². The molecule has 1 N–H and O–H groups in total. The van der Waals surface area contributed by atoms with Crippen LogP contribution < -0.4 is 14.5 Å². The van der Waals surface area contributed by atoms with Crippen LogP contribution in [0.25, 0.3) is 10.8 Å². The Labute approximate surface area is 320 Å². The van der Waals surface area contributed by atoms with Crippen LogP contribution in [0.1, 0.15) is 91.3 Å². The number of carbonyl (C=O) groups excluding carboxylic acids is 1. The molecule has 6 aliphatic rings. The van der Waals surface area contributed by atoms with Crippen molar-refractivity contribution in [3.05, 3.63) is 64.4 Å². The zero-order valence-corrected chi connectivity index (χ0v) is 31.7. The van der Waals surface area contributed by atoms with Gasteiger partial charge in [-0.15, -0.1) is 0 Å². The van der Waals surface area contributed by atoms with Crippen LogP contribution in [0.15, 0.2) is 30.3 Å². The molecule has 11 nitrogen and oxygen atoms in total. The van der Waals surface area contributed by atoms with Crippen LogP contribution in [-0.4, -0.2) is 97.6 Å². The van der Waals surface area contributed by atoms with E-state index in [4.69, 9.17) is 19.8 Å². The lowest BCUT2D eigenvalue weighted by Crippen LogP contribution is -2.43. The number of ether oxygens (including phenoxy) is 1. The summed E-state index contributed by atoms with van der Waals surface area (Å²) in [4.78, 5) is 32.7. The van der Waals surface area contributed by atoms with Gasteiger partial charge in [0.25, 0.3) is 5.91 Å². The number of likely N-dealkylation sites (tertiary alicyclic amines) is 1. The molecule has 2 bridgehead atoms. The van der Waals surface area contributed by atoms with E-state index in [-0.39, 0.29) is 29.0 Å². The largest absolute Gasteiger partial charge is 0.508 e. The molecule has 4 fully saturated rings. The Morgan fingerprint density at radius 1 is 1.02 bits per heavy atom. The molecular weight excluding hydrogens is 703 g/mol. The molecule has 13 heteroatoms. The first-order valence-electron chi connectivity index (χ1n) is 20.5. The Balaban J connectivity index is 0.992. The van der Waals surface area contributed by atoms with Crippen molar-refractivity contribution in [3.63, 3.8) is 0 Å². The molecule has 1 aliphatic carbocycles. The molecule has 2 aromatic carbocycles. The minimum absolute atomic E-state index is 0.0464. The van der Waals surface area contributed by atoms with Crippen LogP contribution in [-0.2, 0) is 32.5 Å². The predicted molar refractivity (Wildman–Crippen MR) is 205 cm³/mol. The molecule has 290 valence electrons. The first-order chi connectivity index (χ1) is 26.7. The third-order valence-electron chi connectivity index (χ3n) is 13.5. The maximum atomic E-state index is 15.2. The van der Waals surface area contributed by atoms with E-state index in [1.165, 1.54) is 18.9 Å². The first-order valence-corrected chi connectivity index (χ1v) is 20.5. The zero-order valence-electron chi connectivity index (χ0n) is 31.7. The number of aromatic nitrogens is 4. The molecule has 1 saturated carbocycles. The van der Waals surface area contributed by atoms with Crippen LogP contribution in [0.5, 0.6) is 11.8 Å². The summed E-state index contributed by atoms with van der Waals surface area (Å²) in [5.41, 5.74) is 4.42. The lowest BCUT2D eigenvalue weighted by atomic mass is 9.90. The van der Waals surface area contributed by atoms with Gasteiger partial charge < -0.3 is 24.5 Å². The monoisotopic (exact) mass is 752 g/mol. The van der Waals surface area contributed by atoms with Crippen molar-refractivity contribution in [1.82, 2.24) is 29.5 Å². The van der Waals surface area contributed by atoms with E-state index in [1.807, 2.05) is 17.7 Å². The van der Waals surface area contributed by atoms with Crippen molar-refractivity contribution in [2.24, 2.45) is 5.92 Å². The number of benzene rings is 2. The number of aryl methyl sites for hydroxylation is 2. The Hall–Kier alpha value is -4.52. The van der Waals surface area contributed by atoms with Crippen LogP contribution in [0.3, 0.4) is 0 Å². The summed E-state index contributed by atoms with van der Waals surface area (Å²) in [6.07, 6.45) is 8.07. The maximum absolute atomic E-state index is 15.2. The molecule has 55 heavy (non-hydrogen) atoms. The van der Waals surface area contributed by atoms with E-state index in [2.05, 4.69) is 19.6 Å². The predicted octanol–water partition coefficient (Wildman–Crippen LogP) is 6.18. The fraction of sp³-hybridized carbons (Fsp3) is 0.571. The summed E-state index contributed by atoms with van der Waals surface area (Å²) >= 11 is 0. The second-order valence-electron chi connectivity index (χ2n) is 16.9. The number of aromatic hydroxyl groups is 1. The number of fused-ring (bicyclic) bond motifs is 6. The number of anilines is 2. The van der Waals surface area contributed by atoms with Gasteiger partial charge in [0.1, 0.15) is 30.2 Å². The smallest absolute Gasteiger partial charge is 0.318 e. The quantitative estimate of drug-likeness (QED) is 0.237. The minimum Gasteiger partial charge on any atom is -0.508 e. The van der Waals surface area contributed by atoms with Crippen LogP contribution in [0.4, 0.5) is 20.3 Å². The number of rotatable bonds is 7. The van der Waals surface area contributed by atoms with Crippen LogP contribution in [0, 0.1) is 11.7 Å². The highest BCUT2D eigenvalue weighted by Crippen LogP contribution is 2.42. The number of alkyl halides is 1. The van der Waals surface area contributed by atoms with Crippen LogP contribution in [0.2, 0.25) is 0 Å². The van der Waals surface area contributed by atoms with Gasteiger partial charge in [0.2, 0.25) is 0 Å². The molecule has 0 unspecified atom stereocenters. The lowest BCUT2D eigenvalue weighted by molar-refractivity contribution is 0.0726. The number of hydrogen-bond donors (Lipinski definition) is 1. The third-order valence-corrected chi connectivity index (χ3v) is 13.5. The van der Waals surface area contributed by atoms with Crippen molar-refractivity contribution < 1.29 is 23.4 Å². The standard InChI is InChI=1S/C42H50F2N8O3/c1-2-32-34(44)9-8-27-17-31(53)19-37(38(27)32)48-15-10-33-36(24-48)45-41(55-25-42-11-4-13-50(42)22-28(43)20-42)46-39(33)49-12-5-14-52-30(23-49)18-35(47-52)40(54)51-21-26-6-3-7-29(51)16-26/h8-9,17-19,26,28-29,53H,2-7,10-16,20-25H2,1H3/t26-,28-,29+,42+/m1/s1. The van der Waals surface area contributed by atoms with Crippen molar-refractivity contribution in [2.45, 2.75) is 109 Å². The first kappa shape index (κ1) is 34.9. The van der Waals surface area contributed by atoms with E-state index in [0.717, 1.165) is 91.0 Å². The maximum Gasteiger partial charge on any atom is 0.318 e. The number of nitrogens with zero attached hydrogens (tertiary/aromatic N) is 8. The molecule has 10 rings (SSSR count). The number of hydrogen-bond acceptors (Lipinski definition) is 9. The van der Waals surface area contributed by atoms with Gasteiger partial charge in [0, 0.05) is 67.9 Å². The van der Waals surface area contributed by atoms with Gasteiger partial charge in [-0.05, 0) is 93.0 Å². The van der Waals surface area contributed by atoms with E-state index in [9.17, 15) is 14.3 Å². The van der Waals surface area contributed by atoms with Gasteiger partial charge in [-0.2, -0.15) is 15.1 Å². The van der Waals surface area contributed by atoms with Crippen molar-refractivity contribution in [1.29, 1.82) is 0 Å². The highest BCUT2D eigenvalue weighted by atomic mass is 19.1. The number of phenols is 1. The van der Waals surface area contributed by atoms with Crippen molar-refractivity contribution in [3.8, 4) is 11.8 Å². The second-order valence-corrected chi connectivity index (χ2v) is 16.9. The number of carbonyl (C=O) groups is 1. The van der Waals surface area contributed by atoms with Gasteiger partial charge in [-0.25, -0.2) is 8.78 Å². The highest BCUT2D eigenvalue weighted by Gasteiger charge is 2.49. The van der Waals surface area contributed by atoms with E-state index >= 15 is 4.39 Å². The molecule has 7 heterocycles. The Kier molecular flexibility index (Phi) is 8.64. The van der Waals surface area contributed by atoms with E-state index in [0.29, 0.717) is 81.8 Å². The lowest BCUT2D eigenvalue weighted by Gasteiger charge is -2.35. The average Bonchev–Trinajstić information content (AvgIpc) is 3.89. The molecule has 2 aromatic heterocycles. The molecule has 0 spiro atoms. The molecule has 3 saturated heterocycles. The number of halogens is 2. The number of phenolic OH excluding ortho intramolecular Hbond substituents is 1. The van der Waals surface area contributed by atoms with Gasteiger partial charge in [0.05, 0.1) is 30.0 Å². The van der Waals surface area contributed by atoms with Gasteiger partial charge in [-0.3, -0.25) is 14.4 Å². The summed E-state index contributed by atoms with van der Waals surface area (Å²) in [5, 5.41) is 17.3. The summed E-state index contributed by atoms with van der Waals surface area (Å²) < 4.78 is 38.4. The molecule has 0 radical (unpaired) electrons. The SMILES string of the molecule is CCc1c(F)ccc2cc(O)cc(N3CCc4c(nc(OC[C@@]56CCCN5C[C@H](F)C6)nc4N4CCCn5nc(C(=O)N6C[C@@H]7CCC[C@H]6C7)cc5C4)C3)c12. The van der Waals surface area contributed by atoms with Gasteiger partial charge in [0.15, 0.2) is 5.69 Å². The summed E-state index contributed by atoms with van der Waals surface area (Å²) in [7, 11) is 0. The molecule has 4 aromatic rings. The minimum atomic E-state index is -0.865. The average molecular weight is 753 g/mol. The third kappa shape index (κ3) is 6.08. The normalized spacial score (nSPS) is 26.3. The number of amides is 1. The van der Waals surface area contributed by atoms with Gasteiger partial charge in [-0.1, -0.05) is 19.4 Å². The summed E-state index contributed by atoms with van der Waals surface area (Å²) in [6.45, 7) is 7.46. The van der Waals surface area contributed by atoms with Gasteiger partial charge >= 0.3 is 6.01 Å². The second kappa shape index (κ2) is 13.6. The molecule has 5 aliphatic heterocycles. The zero-order chi connectivity index (χ0) is 37.4. The fourth-order valence-electron chi connectivity index (χ4n) is 10.9. The van der Waals surface area contributed by atoms with E-state index < -0.39 is 6.17 Å².